The van der Waals surface area contributed by atoms with Crippen molar-refractivity contribution in [2.45, 2.75) is 26.3 Å². The van der Waals surface area contributed by atoms with Gasteiger partial charge in [-0.2, -0.15) is 10.4 Å². The molecule has 1 amide bonds. The predicted molar refractivity (Wildman–Crippen MR) is 135 cm³/mol. The number of anilines is 1. The lowest BCUT2D eigenvalue weighted by atomic mass is 10.1. The molecule has 4 aromatic rings. The molecule has 172 valence electrons. The Bertz CT molecular complexity index is 1350. The number of nitriles is 1. The number of pyridine rings is 1. The first kappa shape index (κ1) is 22.1. The summed E-state index contributed by atoms with van der Waals surface area (Å²) in [7, 11) is 0. The van der Waals surface area contributed by atoms with E-state index in [-0.39, 0.29) is 11.9 Å². The maximum absolute atomic E-state index is 13.8. The summed E-state index contributed by atoms with van der Waals surface area (Å²) in [4.78, 5) is 24.0. The molecule has 0 atom stereocenters. The summed E-state index contributed by atoms with van der Waals surface area (Å²) in [6.45, 7) is 7.08. The van der Waals surface area contributed by atoms with Crippen LogP contribution < -0.4 is 4.90 Å². The van der Waals surface area contributed by atoms with Crippen molar-refractivity contribution in [1.29, 1.82) is 5.26 Å². The van der Waals surface area contributed by atoms with E-state index in [0.717, 1.165) is 46.8 Å². The van der Waals surface area contributed by atoms with E-state index in [1.165, 1.54) is 0 Å². The van der Waals surface area contributed by atoms with E-state index in [1.807, 2.05) is 57.4 Å². The Morgan fingerprint density at radius 1 is 1.12 bits per heavy atom. The molecule has 5 rings (SSSR count). The van der Waals surface area contributed by atoms with Crippen LogP contribution in [0.5, 0.6) is 0 Å². The number of rotatable bonds is 4. The molecule has 0 radical (unpaired) electrons. The van der Waals surface area contributed by atoms with Gasteiger partial charge < -0.3 is 9.80 Å². The Morgan fingerprint density at radius 2 is 1.94 bits per heavy atom. The maximum atomic E-state index is 13.8. The van der Waals surface area contributed by atoms with Gasteiger partial charge in [0.2, 0.25) is 0 Å². The van der Waals surface area contributed by atoms with Crippen LogP contribution in [0, 0.1) is 11.3 Å². The number of carbonyl (C=O) groups excluding carboxylic acids is 1. The Hall–Kier alpha value is -3.70. The number of fused-ring (bicyclic) bond motifs is 1. The van der Waals surface area contributed by atoms with Gasteiger partial charge in [-0.3, -0.25) is 4.79 Å². The fraction of sp³-hybridized carbons (Fsp3) is 0.308. The van der Waals surface area contributed by atoms with E-state index in [0.29, 0.717) is 24.2 Å². The Morgan fingerprint density at radius 3 is 2.65 bits per heavy atom. The summed E-state index contributed by atoms with van der Waals surface area (Å²) in [5, 5.41) is 16.4. The zero-order valence-corrected chi connectivity index (χ0v) is 20.1. The number of hydrogen-bond donors (Lipinski definition) is 0. The second-order valence-corrected chi connectivity index (χ2v) is 9.69. The zero-order valence-electron chi connectivity index (χ0n) is 19.3. The maximum Gasteiger partial charge on any atom is 0.254 e. The standard InChI is InChI=1S/C26H26N6OS/c1-18(2)32-25-22(17-28-32)21(15-23(29-25)24-5-3-14-34-24)26(33)31-11-4-10-30(12-13-31)20-8-6-19(16-27)7-9-20/h3,5-9,14-15,17-18H,4,10-13H2,1-2H3. The van der Waals surface area contributed by atoms with Gasteiger partial charge in [0, 0.05) is 37.9 Å². The molecule has 0 aliphatic carbocycles. The summed E-state index contributed by atoms with van der Waals surface area (Å²) in [6, 6.07) is 15.9. The lowest BCUT2D eigenvalue weighted by molar-refractivity contribution is 0.0769. The molecule has 0 N–H and O–H groups in total. The van der Waals surface area contributed by atoms with Crippen LogP contribution in [0.15, 0.2) is 54.0 Å². The SMILES string of the molecule is CC(C)n1ncc2c(C(=O)N3CCCN(c4ccc(C#N)cc4)CC3)cc(-c3cccs3)nc21. The van der Waals surface area contributed by atoms with E-state index in [2.05, 4.69) is 29.9 Å². The number of carbonyl (C=O) groups is 1. The Kier molecular flexibility index (Phi) is 6.03. The molecule has 4 heterocycles. The van der Waals surface area contributed by atoms with Crippen molar-refractivity contribution in [2.24, 2.45) is 0 Å². The van der Waals surface area contributed by atoms with Gasteiger partial charge in [-0.15, -0.1) is 11.3 Å². The third kappa shape index (κ3) is 4.15. The molecular formula is C26H26N6OS. The molecule has 1 fully saturated rings. The molecule has 1 aliphatic heterocycles. The van der Waals surface area contributed by atoms with E-state index < -0.39 is 0 Å². The first-order valence-corrected chi connectivity index (χ1v) is 12.4. The Labute approximate surface area is 202 Å². The van der Waals surface area contributed by atoms with Crippen molar-refractivity contribution in [3.8, 4) is 16.6 Å². The first-order valence-electron chi connectivity index (χ1n) is 11.5. The van der Waals surface area contributed by atoms with Gasteiger partial charge in [0.15, 0.2) is 5.65 Å². The second kappa shape index (κ2) is 9.27. The van der Waals surface area contributed by atoms with Crippen LogP contribution in [0.4, 0.5) is 5.69 Å². The second-order valence-electron chi connectivity index (χ2n) is 8.74. The van der Waals surface area contributed by atoms with Gasteiger partial charge in [-0.25, -0.2) is 9.67 Å². The zero-order chi connectivity index (χ0) is 23.7. The molecule has 1 saturated heterocycles. The highest BCUT2D eigenvalue weighted by molar-refractivity contribution is 7.13. The third-order valence-electron chi connectivity index (χ3n) is 6.20. The van der Waals surface area contributed by atoms with Crippen LogP contribution in [0.2, 0.25) is 0 Å². The summed E-state index contributed by atoms with van der Waals surface area (Å²) in [5.41, 5.74) is 3.95. The molecular weight excluding hydrogens is 444 g/mol. The van der Waals surface area contributed by atoms with Crippen molar-refractivity contribution in [1.82, 2.24) is 19.7 Å². The van der Waals surface area contributed by atoms with Gasteiger partial charge in [0.25, 0.3) is 5.91 Å². The number of benzene rings is 1. The average Bonchev–Trinajstić information content (AvgIpc) is 3.48. The fourth-order valence-electron chi connectivity index (χ4n) is 4.42. The minimum Gasteiger partial charge on any atom is -0.370 e. The van der Waals surface area contributed by atoms with Crippen molar-refractivity contribution in [3.63, 3.8) is 0 Å². The highest BCUT2D eigenvalue weighted by Gasteiger charge is 2.25. The van der Waals surface area contributed by atoms with E-state index in [9.17, 15) is 4.79 Å². The van der Waals surface area contributed by atoms with Gasteiger partial charge in [-0.05, 0) is 62.0 Å². The highest BCUT2D eigenvalue weighted by atomic mass is 32.1. The van der Waals surface area contributed by atoms with Crippen LogP contribution in [0.3, 0.4) is 0 Å². The average molecular weight is 471 g/mol. The van der Waals surface area contributed by atoms with Crippen LogP contribution >= 0.6 is 11.3 Å². The molecule has 7 nitrogen and oxygen atoms in total. The number of amides is 1. The highest BCUT2D eigenvalue weighted by Crippen LogP contribution is 2.30. The number of aromatic nitrogens is 3. The predicted octanol–water partition coefficient (Wildman–Crippen LogP) is 4.96. The first-order chi connectivity index (χ1) is 16.5. The van der Waals surface area contributed by atoms with Crippen molar-refractivity contribution < 1.29 is 4.79 Å². The smallest absolute Gasteiger partial charge is 0.254 e. The molecule has 0 bridgehead atoms. The molecule has 0 spiro atoms. The van der Waals surface area contributed by atoms with Gasteiger partial charge in [0.1, 0.15) is 0 Å². The number of hydrogen-bond acceptors (Lipinski definition) is 6. The van der Waals surface area contributed by atoms with Crippen LogP contribution in [0.1, 0.15) is 42.2 Å². The van der Waals surface area contributed by atoms with Crippen molar-refractivity contribution in [2.75, 3.05) is 31.1 Å². The normalized spacial score (nSPS) is 14.4. The largest absolute Gasteiger partial charge is 0.370 e. The third-order valence-corrected chi connectivity index (χ3v) is 7.10. The molecule has 1 aromatic carbocycles. The molecule has 0 saturated carbocycles. The molecule has 0 unspecified atom stereocenters. The quantitative estimate of drug-likeness (QED) is 0.421. The van der Waals surface area contributed by atoms with E-state index in [1.54, 1.807) is 17.5 Å². The monoisotopic (exact) mass is 470 g/mol. The summed E-state index contributed by atoms with van der Waals surface area (Å²) in [5.74, 6) is 0.0233. The van der Waals surface area contributed by atoms with Crippen molar-refractivity contribution >= 4 is 34.0 Å². The molecule has 3 aromatic heterocycles. The van der Waals surface area contributed by atoms with E-state index >= 15 is 0 Å². The molecule has 8 heteroatoms. The summed E-state index contributed by atoms with van der Waals surface area (Å²) < 4.78 is 1.89. The summed E-state index contributed by atoms with van der Waals surface area (Å²) >= 11 is 1.62. The lowest BCUT2D eigenvalue weighted by Crippen LogP contribution is -2.35. The number of nitrogens with zero attached hydrogens (tertiary/aromatic N) is 6. The minimum atomic E-state index is 0.0233. The topological polar surface area (TPSA) is 78.0 Å². The van der Waals surface area contributed by atoms with Gasteiger partial charge in [0.05, 0.1) is 39.4 Å². The van der Waals surface area contributed by atoms with Gasteiger partial charge in [-0.1, -0.05) is 6.07 Å². The molecule has 34 heavy (non-hydrogen) atoms. The molecule has 1 aliphatic rings. The summed E-state index contributed by atoms with van der Waals surface area (Å²) in [6.07, 6.45) is 2.65. The van der Waals surface area contributed by atoms with Crippen molar-refractivity contribution in [3.05, 3.63) is 65.2 Å². The van der Waals surface area contributed by atoms with Crippen LogP contribution in [0.25, 0.3) is 21.6 Å². The lowest BCUT2D eigenvalue weighted by Gasteiger charge is -2.24. The van der Waals surface area contributed by atoms with Crippen LogP contribution in [-0.4, -0.2) is 51.8 Å². The fourth-order valence-corrected chi connectivity index (χ4v) is 5.11. The van der Waals surface area contributed by atoms with Crippen LogP contribution in [-0.2, 0) is 0 Å². The minimum absolute atomic E-state index is 0.0233. The van der Waals surface area contributed by atoms with Gasteiger partial charge >= 0.3 is 0 Å². The number of thiophene rings is 1. The Balaban J connectivity index is 1.45. The van der Waals surface area contributed by atoms with E-state index in [4.69, 9.17) is 10.2 Å².